The molecule has 3 rings (SSSR count). The standard InChI is InChI=1S/C16H20N4OS/c1-12-6-5-7-14(17-12)19-16-18-13(11-22-16)10-15(21)20-8-3-2-4-9-20/h5-7,11H,2-4,8-10H2,1H3,(H,17,18,19). The molecule has 2 aromatic heterocycles. The van der Waals surface area contributed by atoms with Crippen LogP contribution in [0.25, 0.3) is 0 Å². The Labute approximate surface area is 134 Å². The minimum Gasteiger partial charge on any atom is -0.342 e. The van der Waals surface area contributed by atoms with Gasteiger partial charge in [-0.25, -0.2) is 9.97 Å². The number of piperidine rings is 1. The maximum atomic E-state index is 12.2. The number of hydrogen-bond donors (Lipinski definition) is 1. The third-order valence-corrected chi connectivity index (χ3v) is 4.52. The van der Waals surface area contributed by atoms with Crippen molar-refractivity contribution < 1.29 is 4.79 Å². The average molecular weight is 316 g/mol. The van der Waals surface area contributed by atoms with Gasteiger partial charge in [0.2, 0.25) is 5.91 Å². The normalized spacial score (nSPS) is 14.9. The second-order valence-corrected chi connectivity index (χ2v) is 6.41. The van der Waals surface area contributed by atoms with Gasteiger partial charge in [-0.2, -0.15) is 0 Å². The number of aryl methyl sites for hydroxylation is 1. The summed E-state index contributed by atoms with van der Waals surface area (Å²) >= 11 is 1.51. The van der Waals surface area contributed by atoms with E-state index in [2.05, 4.69) is 15.3 Å². The van der Waals surface area contributed by atoms with Crippen molar-refractivity contribution in [2.45, 2.75) is 32.6 Å². The summed E-state index contributed by atoms with van der Waals surface area (Å²) in [4.78, 5) is 23.1. The Balaban J connectivity index is 1.60. The summed E-state index contributed by atoms with van der Waals surface area (Å²) in [5.74, 6) is 0.966. The molecular weight excluding hydrogens is 296 g/mol. The Morgan fingerprint density at radius 2 is 2.09 bits per heavy atom. The molecule has 1 saturated heterocycles. The van der Waals surface area contributed by atoms with Crippen molar-refractivity contribution in [1.29, 1.82) is 0 Å². The molecule has 0 spiro atoms. The average Bonchev–Trinajstić information content (AvgIpc) is 2.95. The van der Waals surface area contributed by atoms with Crippen LogP contribution in [0.2, 0.25) is 0 Å². The second-order valence-electron chi connectivity index (χ2n) is 5.55. The van der Waals surface area contributed by atoms with E-state index in [4.69, 9.17) is 0 Å². The highest BCUT2D eigenvalue weighted by Crippen LogP contribution is 2.21. The number of nitrogens with one attached hydrogen (secondary N) is 1. The first-order valence-electron chi connectivity index (χ1n) is 7.63. The van der Waals surface area contributed by atoms with Crippen molar-refractivity contribution in [3.05, 3.63) is 35.0 Å². The van der Waals surface area contributed by atoms with Gasteiger partial charge in [-0.3, -0.25) is 4.79 Å². The van der Waals surface area contributed by atoms with Crippen LogP contribution < -0.4 is 5.32 Å². The third kappa shape index (κ3) is 3.82. The Bertz CT molecular complexity index is 649. The molecule has 1 amide bonds. The molecule has 2 aromatic rings. The van der Waals surface area contributed by atoms with Gasteiger partial charge >= 0.3 is 0 Å². The number of anilines is 2. The monoisotopic (exact) mass is 316 g/mol. The lowest BCUT2D eigenvalue weighted by atomic mass is 10.1. The van der Waals surface area contributed by atoms with E-state index in [9.17, 15) is 4.79 Å². The van der Waals surface area contributed by atoms with Gasteiger partial charge < -0.3 is 10.2 Å². The minimum atomic E-state index is 0.185. The molecule has 0 unspecified atom stereocenters. The molecule has 22 heavy (non-hydrogen) atoms. The van der Waals surface area contributed by atoms with Gasteiger partial charge in [0.05, 0.1) is 12.1 Å². The number of pyridine rings is 1. The zero-order valence-corrected chi connectivity index (χ0v) is 13.5. The lowest BCUT2D eigenvalue weighted by Gasteiger charge is -2.26. The van der Waals surface area contributed by atoms with Crippen molar-refractivity contribution in [2.75, 3.05) is 18.4 Å². The van der Waals surface area contributed by atoms with Gasteiger partial charge in [0.15, 0.2) is 5.13 Å². The van der Waals surface area contributed by atoms with E-state index in [1.807, 2.05) is 35.4 Å². The predicted octanol–water partition coefficient (Wildman–Crippen LogP) is 3.15. The summed E-state index contributed by atoms with van der Waals surface area (Å²) in [5.41, 5.74) is 1.79. The van der Waals surface area contributed by atoms with Gasteiger partial charge in [0.1, 0.15) is 5.82 Å². The molecule has 1 aliphatic rings. The van der Waals surface area contributed by atoms with Crippen LogP contribution in [0.3, 0.4) is 0 Å². The number of aromatic nitrogens is 2. The molecule has 0 aliphatic carbocycles. The molecule has 1 N–H and O–H groups in total. The fourth-order valence-electron chi connectivity index (χ4n) is 2.58. The quantitative estimate of drug-likeness (QED) is 0.941. The van der Waals surface area contributed by atoms with Crippen LogP contribution in [0.15, 0.2) is 23.6 Å². The van der Waals surface area contributed by atoms with Gasteiger partial charge in [-0.1, -0.05) is 6.07 Å². The van der Waals surface area contributed by atoms with Crippen LogP contribution in [-0.4, -0.2) is 33.9 Å². The van der Waals surface area contributed by atoms with Crippen molar-refractivity contribution >= 4 is 28.2 Å². The fourth-order valence-corrected chi connectivity index (χ4v) is 3.30. The van der Waals surface area contributed by atoms with Crippen LogP contribution in [0.1, 0.15) is 30.7 Å². The molecule has 6 heteroatoms. The van der Waals surface area contributed by atoms with E-state index in [0.717, 1.165) is 48.3 Å². The van der Waals surface area contributed by atoms with Crippen LogP contribution in [-0.2, 0) is 11.2 Å². The summed E-state index contributed by atoms with van der Waals surface area (Å²) in [6, 6.07) is 5.82. The number of rotatable bonds is 4. The van der Waals surface area contributed by atoms with E-state index in [0.29, 0.717) is 6.42 Å². The number of carbonyl (C=O) groups excluding carboxylic acids is 1. The summed E-state index contributed by atoms with van der Waals surface area (Å²) < 4.78 is 0. The van der Waals surface area contributed by atoms with E-state index >= 15 is 0 Å². The first-order chi connectivity index (χ1) is 10.7. The van der Waals surface area contributed by atoms with Crippen molar-refractivity contribution in [2.24, 2.45) is 0 Å². The zero-order chi connectivity index (χ0) is 15.4. The van der Waals surface area contributed by atoms with Gasteiger partial charge in [0, 0.05) is 24.2 Å². The third-order valence-electron chi connectivity index (χ3n) is 3.72. The lowest BCUT2D eigenvalue weighted by molar-refractivity contribution is -0.131. The Morgan fingerprint density at radius 1 is 1.27 bits per heavy atom. The first-order valence-corrected chi connectivity index (χ1v) is 8.51. The number of likely N-dealkylation sites (tertiary alicyclic amines) is 1. The first kappa shape index (κ1) is 15.0. The lowest BCUT2D eigenvalue weighted by Crippen LogP contribution is -2.36. The number of thiazole rings is 1. The van der Waals surface area contributed by atoms with Crippen molar-refractivity contribution in [1.82, 2.24) is 14.9 Å². The molecule has 0 atom stereocenters. The SMILES string of the molecule is Cc1cccc(Nc2nc(CC(=O)N3CCCCC3)cs2)n1. The smallest absolute Gasteiger partial charge is 0.228 e. The fraction of sp³-hybridized carbons (Fsp3) is 0.438. The van der Waals surface area contributed by atoms with E-state index in [1.54, 1.807) is 0 Å². The largest absolute Gasteiger partial charge is 0.342 e. The minimum absolute atomic E-state index is 0.185. The summed E-state index contributed by atoms with van der Waals surface area (Å²) in [7, 11) is 0. The molecule has 3 heterocycles. The van der Waals surface area contributed by atoms with Gasteiger partial charge in [-0.15, -0.1) is 11.3 Å². The predicted molar refractivity (Wildman–Crippen MR) is 88.5 cm³/mol. The molecule has 116 valence electrons. The molecule has 0 bridgehead atoms. The molecule has 5 nitrogen and oxygen atoms in total. The number of carbonyl (C=O) groups is 1. The van der Waals surface area contributed by atoms with Crippen LogP contribution >= 0.6 is 11.3 Å². The van der Waals surface area contributed by atoms with Crippen molar-refractivity contribution in [3.8, 4) is 0 Å². The molecular formula is C16H20N4OS. The number of hydrogen-bond acceptors (Lipinski definition) is 5. The molecule has 1 fully saturated rings. The molecule has 1 aliphatic heterocycles. The van der Waals surface area contributed by atoms with Crippen molar-refractivity contribution in [3.63, 3.8) is 0 Å². The summed E-state index contributed by atoms with van der Waals surface area (Å²) in [6.07, 6.45) is 3.86. The maximum absolute atomic E-state index is 12.2. The maximum Gasteiger partial charge on any atom is 0.228 e. The Kier molecular flexibility index (Phi) is 4.68. The highest BCUT2D eigenvalue weighted by Gasteiger charge is 2.17. The number of nitrogens with zero attached hydrogens (tertiary/aromatic N) is 3. The van der Waals surface area contributed by atoms with Crippen LogP contribution in [0.5, 0.6) is 0 Å². The van der Waals surface area contributed by atoms with Gasteiger partial charge in [0.25, 0.3) is 0 Å². The van der Waals surface area contributed by atoms with E-state index in [1.165, 1.54) is 17.8 Å². The van der Waals surface area contributed by atoms with Crippen LogP contribution in [0, 0.1) is 6.92 Å². The summed E-state index contributed by atoms with van der Waals surface area (Å²) in [5, 5.41) is 5.91. The topological polar surface area (TPSA) is 58.1 Å². The molecule has 0 saturated carbocycles. The van der Waals surface area contributed by atoms with Gasteiger partial charge in [-0.05, 0) is 38.3 Å². The molecule has 0 radical (unpaired) electrons. The highest BCUT2D eigenvalue weighted by molar-refractivity contribution is 7.13. The Morgan fingerprint density at radius 3 is 2.86 bits per heavy atom. The molecule has 0 aromatic carbocycles. The summed E-state index contributed by atoms with van der Waals surface area (Å²) in [6.45, 7) is 3.73. The zero-order valence-electron chi connectivity index (χ0n) is 12.7. The van der Waals surface area contributed by atoms with E-state index < -0.39 is 0 Å². The highest BCUT2D eigenvalue weighted by atomic mass is 32.1. The Hall–Kier alpha value is -1.95. The number of amides is 1. The second kappa shape index (κ2) is 6.87. The van der Waals surface area contributed by atoms with E-state index in [-0.39, 0.29) is 5.91 Å². The van der Waals surface area contributed by atoms with Crippen LogP contribution in [0.4, 0.5) is 10.9 Å².